The van der Waals surface area contributed by atoms with Gasteiger partial charge in [-0.05, 0) is 36.3 Å². The van der Waals surface area contributed by atoms with Crippen LogP contribution in [0.25, 0.3) is 6.08 Å². The van der Waals surface area contributed by atoms with Crippen LogP contribution in [0.3, 0.4) is 0 Å². The number of carboxylic acids is 1. The summed E-state index contributed by atoms with van der Waals surface area (Å²) in [5, 5.41) is 17.4. The molecule has 110 valence electrons. The third kappa shape index (κ3) is 3.91. The molecule has 2 rings (SSSR count). The third-order valence-electron chi connectivity index (χ3n) is 2.92. The van der Waals surface area contributed by atoms with Crippen molar-refractivity contribution in [2.75, 3.05) is 0 Å². The molecular weight excluding hydrogens is 293 g/mol. The summed E-state index contributed by atoms with van der Waals surface area (Å²) in [6.45, 7) is 1.86. The summed E-state index contributed by atoms with van der Waals surface area (Å²) in [7, 11) is 1.87. The van der Waals surface area contributed by atoms with Crippen LogP contribution >= 0.6 is 11.8 Å². The van der Waals surface area contributed by atoms with Crippen LogP contribution in [-0.4, -0.2) is 25.8 Å². The zero-order valence-corrected chi connectivity index (χ0v) is 12.4. The Kier molecular flexibility index (Phi) is 4.74. The number of carboxylic acid groups (broad SMARTS) is 1. The standard InChI is InChI=1S/C14H14FN3O2S/c1-9-16-17-14(18(9)2)21-8-11-3-5-12(15)7-10(11)4-6-13(19)20/h3-7H,8H2,1-2H3,(H,19,20). The Morgan fingerprint density at radius 1 is 1.48 bits per heavy atom. The van der Waals surface area contributed by atoms with Gasteiger partial charge in [-0.15, -0.1) is 10.2 Å². The number of hydrogen-bond acceptors (Lipinski definition) is 4. The van der Waals surface area contributed by atoms with Crippen LogP contribution < -0.4 is 0 Å². The highest BCUT2D eigenvalue weighted by Crippen LogP contribution is 2.24. The number of benzene rings is 1. The smallest absolute Gasteiger partial charge is 0.328 e. The number of hydrogen-bond donors (Lipinski definition) is 1. The average molecular weight is 307 g/mol. The van der Waals surface area contributed by atoms with Crippen molar-refractivity contribution in [2.24, 2.45) is 7.05 Å². The molecular formula is C14H14FN3O2S. The first-order chi connectivity index (χ1) is 9.97. The van der Waals surface area contributed by atoms with Crippen LogP contribution in [-0.2, 0) is 17.6 Å². The van der Waals surface area contributed by atoms with Gasteiger partial charge < -0.3 is 9.67 Å². The minimum Gasteiger partial charge on any atom is -0.478 e. The minimum absolute atomic E-state index is 0.400. The normalized spacial score (nSPS) is 11.2. The highest BCUT2D eigenvalue weighted by atomic mass is 32.2. The lowest BCUT2D eigenvalue weighted by molar-refractivity contribution is -0.131. The zero-order chi connectivity index (χ0) is 15.4. The number of carbonyl (C=O) groups is 1. The molecule has 1 N–H and O–H groups in total. The summed E-state index contributed by atoms with van der Waals surface area (Å²) < 4.78 is 15.1. The topological polar surface area (TPSA) is 68.0 Å². The van der Waals surface area contributed by atoms with Crippen LogP contribution in [0.5, 0.6) is 0 Å². The van der Waals surface area contributed by atoms with Gasteiger partial charge in [0, 0.05) is 18.9 Å². The van der Waals surface area contributed by atoms with E-state index < -0.39 is 11.8 Å². The molecule has 1 aromatic carbocycles. The van der Waals surface area contributed by atoms with Crippen molar-refractivity contribution in [1.82, 2.24) is 14.8 Å². The lowest BCUT2D eigenvalue weighted by Crippen LogP contribution is -1.95. The van der Waals surface area contributed by atoms with E-state index in [2.05, 4.69) is 10.2 Å². The Labute approximate surface area is 125 Å². The molecule has 1 heterocycles. The van der Waals surface area contributed by atoms with Crippen molar-refractivity contribution in [3.63, 3.8) is 0 Å². The Balaban J connectivity index is 2.19. The lowest BCUT2D eigenvalue weighted by atomic mass is 10.1. The Morgan fingerprint density at radius 2 is 2.24 bits per heavy atom. The van der Waals surface area contributed by atoms with Gasteiger partial charge in [0.25, 0.3) is 0 Å². The summed E-state index contributed by atoms with van der Waals surface area (Å²) in [4.78, 5) is 10.6. The fourth-order valence-electron chi connectivity index (χ4n) is 1.67. The molecule has 0 aliphatic rings. The first-order valence-electron chi connectivity index (χ1n) is 6.15. The SMILES string of the molecule is Cc1nnc(SCc2ccc(F)cc2C=CC(=O)O)n1C. The van der Waals surface area contributed by atoms with Crippen molar-refractivity contribution in [3.05, 3.63) is 47.0 Å². The molecule has 0 saturated heterocycles. The number of nitrogens with zero attached hydrogens (tertiary/aromatic N) is 3. The van der Waals surface area contributed by atoms with Gasteiger partial charge >= 0.3 is 5.97 Å². The average Bonchev–Trinajstić information content (AvgIpc) is 2.75. The first kappa shape index (κ1) is 15.2. The quantitative estimate of drug-likeness (QED) is 0.679. The van der Waals surface area contributed by atoms with E-state index in [9.17, 15) is 9.18 Å². The third-order valence-corrected chi connectivity index (χ3v) is 3.99. The van der Waals surface area contributed by atoms with Gasteiger partial charge in [0.2, 0.25) is 0 Å². The molecule has 0 spiro atoms. The largest absolute Gasteiger partial charge is 0.478 e. The van der Waals surface area contributed by atoms with Gasteiger partial charge in [0.1, 0.15) is 11.6 Å². The molecule has 0 amide bonds. The van der Waals surface area contributed by atoms with E-state index in [0.717, 1.165) is 22.6 Å². The molecule has 0 unspecified atom stereocenters. The minimum atomic E-state index is -1.07. The number of thioether (sulfide) groups is 1. The molecule has 2 aromatic rings. The van der Waals surface area contributed by atoms with E-state index >= 15 is 0 Å². The first-order valence-corrected chi connectivity index (χ1v) is 7.14. The summed E-state index contributed by atoms with van der Waals surface area (Å²) in [5.74, 6) is -0.112. The van der Waals surface area contributed by atoms with Gasteiger partial charge in [0.05, 0.1) is 0 Å². The van der Waals surface area contributed by atoms with Crippen molar-refractivity contribution in [2.45, 2.75) is 17.8 Å². The predicted molar refractivity (Wildman–Crippen MR) is 78.4 cm³/mol. The van der Waals surface area contributed by atoms with Crippen LogP contribution in [0.1, 0.15) is 17.0 Å². The van der Waals surface area contributed by atoms with E-state index in [-0.39, 0.29) is 0 Å². The van der Waals surface area contributed by atoms with E-state index in [1.165, 1.54) is 30.0 Å². The fourth-order valence-corrected chi connectivity index (χ4v) is 2.64. The summed E-state index contributed by atoms with van der Waals surface area (Å²) in [6.07, 6.45) is 2.39. The van der Waals surface area contributed by atoms with Gasteiger partial charge in [-0.1, -0.05) is 17.8 Å². The molecule has 21 heavy (non-hydrogen) atoms. The Hall–Kier alpha value is -2.15. The van der Waals surface area contributed by atoms with Crippen molar-refractivity contribution in [3.8, 4) is 0 Å². The number of halogens is 1. The van der Waals surface area contributed by atoms with Crippen LogP contribution in [0.15, 0.2) is 29.4 Å². The highest BCUT2D eigenvalue weighted by Gasteiger charge is 2.08. The molecule has 0 saturated carbocycles. The Morgan fingerprint density at radius 3 is 2.86 bits per heavy atom. The van der Waals surface area contributed by atoms with Crippen molar-refractivity contribution >= 4 is 23.8 Å². The van der Waals surface area contributed by atoms with E-state index in [1.54, 1.807) is 6.07 Å². The monoisotopic (exact) mass is 307 g/mol. The Bertz CT molecular complexity index is 698. The maximum absolute atomic E-state index is 13.3. The van der Waals surface area contributed by atoms with E-state index in [0.29, 0.717) is 11.3 Å². The molecule has 0 bridgehead atoms. The maximum atomic E-state index is 13.3. The molecule has 0 aliphatic carbocycles. The lowest BCUT2D eigenvalue weighted by Gasteiger charge is -2.06. The number of rotatable bonds is 5. The molecule has 0 atom stereocenters. The van der Waals surface area contributed by atoms with Gasteiger partial charge in [-0.3, -0.25) is 0 Å². The predicted octanol–water partition coefficient (Wildman–Crippen LogP) is 2.65. The van der Waals surface area contributed by atoms with Crippen LogP contribution in [0.4, 0.5) is 4.39 Å². The second kappa shape index (κ2) is 6.53. The summed E-state index contributed by atoms with van der Waals surface area (Å²) in [5.41, 5.74) is 1.38. The van der Waals surface area contributed by atoms with Crippen molar-refractivity contribution in [1.29, 1.82) is 0 Å². The zero-order valence-electron chi connectivity index (χ0n) is 11.6. The molecule has 0 fully saturated rings. The summed E-state index contributed by atoms with van der Waals surface area (Å²) in [6, 6.07) is 4.32. The van der Waals surface area contributed by atoms with Gasteiger partial charge in [-0.25, -0.2) is 9.18 Å². The highest BCUT2D eigenvalue weighted by molar-refractivity contribution is 7.98. The molecule has 1 aromatic heterocycles. The maximum Gasteiger partial charge on any atom is 0.328 e. The number of aryl methyl sites for hydroxylation is 1. The van der Waals surface area contributed by atoms with Crippen LogP contribution in [0.2, 0.25) is 0 Å². The molecule has 5 nitrogen and oxygen atoms in total. The second-order valence-corrected chi connectivity index (χ2v) is 5.33. The van der Waals surface area contributed by atoms with Crippen LogP contribution in [0, 0.1) is 12.7 Å². The number of aromatic nitrogens is 3. The van der Waals surface area contributed by atoms with Gasteiger partial charge in [-0.2, -0.15) is 0 Å². The summed E-state index contributed by atoms with van der Waals surface area (Å²) >= 11 is 1.46. The fraction of sp³-hybridized carbons (Fsp3) is 0.214. The number of aliphatic carboxylic acids is 1. The van der Waals surface area contributed by atoms with Crippen molar-refractivity contribution < 1.29 is 14.3 Å². The van der Waals surface area contributed by atoms with E-state index in [4.69, 9.17) is 5.11 Å². The molecule has 0 aliphatic heterocycles. The van der Waals surface area contributed by atoms with Gasteiger partial charge in [0.15, 0.2) is 5.16 Å². The molecule has 7 heteroatoms. The second-order valence-electron chi connectivity index (χ2n) is 4.39. The molecule has 0 radical (unpaired) electrons. The van der Waals surface area contributed by atoms with E-state index in [1.807, 2.05) is 18.5 Å².